The molecular weight excluding hydrogens is 422 g/mol. The minimum absolute atomic E-state index is 0.247. The van der Waals surface area contributed by atoms with E-state index in [1.165, 1.54) is 15.6 Å². The molecule has 9 heteroatoms. The number of nitrogens with zero attached hydrogens (tertiary/aromatic N) is 3. The summed E-state index contributed by atoms with van der Waals surface area (Å²) in [6.07, 6.45) is 1.14. The minimum atomic E-state index is -3.60. The van der Waals surface area contributed by atoms with Crippen molar-refractivity contribution in [3.8, 4) is 0 Å². The molecule has 0 bridgehead atoms. The normalized spacial score (nSPS) is 15.7. The van der Waals surface area contributed by atoms with Crippen molar-refractivity contribution in [3.63, 3.8) is 0 Å². The molecular formula is C21H21N3O4S2. The highest BCUT2D eigenvalue weighted by molar-refractivity contribution is 7.89. The van der Waals surface area contributed by atoms with Crippen LogP contribution in [0.4, 0.5) is 0 Å². The molecule has 2 heterocycles. The molecule has 30 heavy (non-hydrogen) atoms. The zero-order valence-electron chi connectivity index (χ0n) is 16.2. The van der Waals surface area contributed by atoms with E-state index < -0.39 is 10.0 Å². The molecule has 1 aliphatic rings. The topological polar surface area (TPSA) is 79.3 Å². The van der Waals surface area contributed by atoms with Crippen molar-refractivity contribution in [2.24, 2.45) is 5.16 Å². The number of rotatable bonds is 6. The number of hydrogen-bond donors (Lipinski definition) is 0. The molecule has 156 valence electrons. The molecule has 2 aromatic carbocycles. The van der Waals surface area contributed by atoms with Crippen LogP contribution >= 0.6 is 11.3 Å². The van der Waals surface area contributed by atoms with Gasteiger partial charge in [-0.1, -0.05) is 53.7 Å². The maximum absolute atomic E-state index is 13.1. The maximum atomic E-state index is 13.1. The molecule has 7 nitrogen and oxygen atoms in total. The van der Waals surface area contributed by atoms with Gasteiger partial charge >= 0.3 is 0 Å². The molecule has 1 aromatic heterocycles. The SMILES string of the molecule is O=C(/C=N/OCc1ccccc1)N1CCN(S(=O)(=O)c2csc3ccccc23)CC1. The van der Waals surface area contributed by atoms with Gasteiger partial charge in [0.2, 0.25) is 10.0 Å². The van der Waals surface area contributed by atoms with Crippen LogP contribution in [0.3, 0.4) is 0 Å². The van der Waals surface area contributed by atoms with Gasteiger partial charge in [-0.2, -0.15) is 4.31 Å². The van der Waals surface area contributed by atoms with Crippen LogP contribution in [0, 0.1) is 0 Å². The van der Waals surface area contributed by atoms with Gasteiger partial charge in [0.05, 0.1) is 0 Å². The fraction of sp³-hybridized carbons (Fsp3) is 0.238. The van der Waals surface area contributed by atoms with Gasteiger partial charge in [-0.3, -0.25) is 4.79 Å². The average Bonchev–Trinajstić information content (AvgIpc) is 3.22. The fourth-order valence-corrected chi connectivity index (χ4v) is 6.19. The Bertz CT molecular complexity index is 1150. The highest BCUT2D eigenvalue weighted by Crippen LogP contribution is 2.31. The molecule has 0 aliphatic carbocycles. The van der Waals surface area contributed by atoms with E-state index in [1.807, 2.05) is 54.6 Å². The van der Waals surface area contributed by atoms with Gasteiger partial charge in [0.1, 0.15) is 17.7 Å². The number of thiophene rings is 1. The van der Waals surface area contributed by atoms with E-state index in [0.29, 0.717) is 18.0 Å². The largest absolute Gasteiger partial charge is 0.391 e. The average molecular weight is 444 g/mol. The highest BCUT2D eigenvalue weighted by Gasteiger charge is 2.31. The second-order valence-electron chi connectivity index (χ2n) is 6.82. The third-order valence-electron chi connectivity index (χ3n) is 4.93. The van der Waals surface area contributed by atoms with Crippen molar-refractivity contribution in [1.82, 2.24) is 9.21 Å². The first kappa shape index (κ1) is 20.5. The molecule has 4 rings (SSSR count). The van der Waals surface area contributed by atoms with Gasteiger partial charge in [-0.25, -0.2) is 8.42 Å². The van der Waals surface area contributed by atoms with E-state index in [4.69, 9.17) is 4.84 Å². The van der Waals surface area contributed by atoms with Crippen LogP contribution in [0.15, 0.2) is 70.0 Å². The molecule has 1 amide bonds. The van der Waals surface area contributed by atoms with Crippen molar-refractivity contribution in [1.29, 1.82) is 0 Å². The van der Waals surface area contributed by atoms with E-state index in [0.717, 1.165) is 21.9 Å². The molecule has 0 atom stereocenters. The molecule has 1 saturated heterocycles. The van der Waals surface area contributed by atoms with E-state index in [-0.39, 0.29) is 25.6 Å². The Morgan fingerprint density at radius 1 is 1.03 bits per heavy atom. The lowest BCUT2D eigenvalue weighted by Gasteiger charge is -2.33. The van der Waals surface area contributed by atoms with E-state index in [2.05, 4.69) is 5.16 Å². The minimum Gasteiger partial charge on any atom is -0.391 e. The first-order chi connectivity index (χ1) is 14.6. The highest BCUT2D eigenvalue weighted by atomic mass is 32.2. The maximum Gasteiger partial charge on any atom is 0.268 e. The van der Waals surface area contributed by atoms with Crippen LogP contribution in [0.1, 0.15) is 5.56 Å². The predicted octanol–water partition coefficient (Wildman–Crippen LogP) is 2.94. The molecule has 1 fully saturated rings. The van der Waals surface area contributed by atoms with Gasteiger partial charge in [0.25, 0.3) is 5.91 Å². The lowest BCUT2D eigenvalue weighted by Crippen LogP contribution is -2.50. The Balaban J connectivity index is 1.33. The number of hydrogen-bond acceptors (Lipinski definition) is 6. The summed E-state index contributed by atoms with van der Waals surface area (Å²) in [5.74, 6) is -0.291. The second-order valence-corrected chi connectivity index (χ2v) is 9.64. The fourth-order valence-electron chi connectivity index (χ4n) is 3.29. The molecule has 3 aromatic rings. The summed E-state index contributed by atoms with van der Waals surface area (Å²) in [6, 6.07) is 17.0. The standard InChI is InChI=1S/C21H21N3O4S2/c25-21(14-22-28-15-17-6-2-1-3-7-17)23-10-12-24(13-11-23)30(26,27)20-16-29-19-9-5-4-8-18(19)20/h1-9,14,16H,10-13,15H2/b22-14+. The predicted molar refractivity (Wildman–Crippen MR) is 117 cm³/mol. The van der Waals surface area contributed by atoms with Crippen LogP contribution in [-0.2, 0) is 26.3 Å². The summed E-state index contributed by atoms with van der Waals surface area (Å²) < 4.78 is 28.5. The molecule has 0 spiro atoms. The number of amides is 1. The first-order valence-electron chi connectivity index (χ1n) is 9.50. The molecule has 0 N–H and O–H groups in total. The number of carbonyl (C=O) groups is 1. The van der Waals surface area contributed by atoms with Gasteiger partial charge < -0.3 is 9.74 Å². The monoisotopic (exact) mass is 443 g/mol. The Morgan fingerprint density at radius 3 is 2.50 bits per heavy atom. The van der Waals surface area contributed by atoms with E-state index >= 15 is 0 Å². The van der Waals surface area contributed by atoms with Crippen LogP contribution < -0.4 is 0 Å². The Hall–Kier alpha value is -2.75. The summed E-state index contributed by atoms with van der Waals surface area (Å²) in [6.45, 7) is 1.40. The summed E-state index contributed by atoms with van der Waals surface area (Å²) in [4.78, 5) is 19.4. The van der Waals surface area contributed by atoms with Crippen LogP contribution in [0.25, 0.3) is 10.1 Å². The van der Waals surface area contributed by atoms with Crippen molar-refractivity contribution < 1.29 is 18.0 Å². The van der Waals surface area contributed by atoms with Gasteiger partial charge in [0, 0.05) is 41.6 Å². The van der Waals surface area contributed by atoms with E-state index in [1.54, 1.807) is 10.3 Å². The van der Waals surface area contributed by atoms with Crippen LogP contribution in [0.5, 0.6) is 0 Å². The summed E-state index contributed by atoms with van der Waals surface area (Å²) in [5.41, 5.74) is 0.960. The zero-order chi connectivity index (χ0) is 21.0. The number of carbonyl (C=O) groups excluding carboxylic acids is 1. The van der Waals surface area contributed by atoms with Crippen LogP contribution in [0.2, 0.25) is 0 Å². The van der Waals surface area contributed by atoms with Crippen molar-refractivity contribution in [2.75, 3.05) is 26.2 Å². The molecule has 1 aliphatic heterocycles. The lowest BCUT2D eigenvalue weighted by atomic mass is 10.2. The third kappa shape index (κ3) is 4.38. The van der Waals surface area contributed by atoms with Gasteiger partial charge in [-0.15, -0.1) is 11.3 Å². The van der Waals surface area contributed by atoms with E-state index in [9.17, 15) is 13.2 Å². The number of benzene rings is 2. The number of sulfonamides is 1. The number of piperazine rings is 1. The quantitative estimate of drug-likeness (QED) is 0.433. The van der Waals surface area contributed by atoms with Gasteiger partial charge in [-0.05, 0) is 11.6 Å². The summed E-state index contributed by atoms with van der Waals surface area (Å²) in [7, 11) is -3.60. The first-order valence-corrected chi connectivity index (χ1v) is 11.8. The molecule has 0 saturated carbocycles. The van der Waals surface area contributed by atoms with Crippen LogP contribution in [-0.4, -0.2) is 55.9 Å². The zero-order valence-corrected chi connectivity index (χ0v) is 17.8. The number of oxime groups is 1. The summed E-state index contributed by atoms with van der Waals surface area (Å²) in [5, 5.41) is 6.17. The Kier molecular flexibility index (Phi) is 6.12. The van der Waals surface area contributed by atoms with Crippen molar-refractivity contribution in [2.45, 2.75) is 11.5 Å². The molecule has 0 radical (unpaired) electrons. The summed E-state index contributed by atoms with van der Waals surface area (Å²) >= 11 is 1.42. The smallest absolute Gasteiger partial charge is 0.268 e. The van der Waals surface area contributed by atoms with Crippen molar-refractivity contribution >= 4 is 43.6 Å². The van der Waals surface area contributed by atoms with Crippen molar-refractivity contribution in [3.05, 3.63) is 65.5 Å². The third-order valence-corrected chi connectivity index (χ3v) is 7.98. The second kappa shape index (κ2) is 8.95. The molecule has 0 unspecified atom stereocenters. The Morgan fingerprint density at radius 2 is 1.73 bits per heavy atom. The number of fused-ring (bicyclic) bond motifs is 1. The Labute approximate surface area is 179 Å². The van der Waals surface area contributed by atoms with Gasteiger partial charge in [0.15, 0.2) is 0 Å². The lowest BCUT2D eigenvalue weighted by molar-refractivity contribution is -0.124.